The first-order valence-electron chi connectivity index (χ1n) is 7.64. The molecule has 0 bridgehead atoms. The van der Waals surface area contributed by atoms with Crippen LogP contribution in [0.15, 0.2) is 35.4 Å². The molecular weight excluding hydrogens is 264 g/mol. The van der Waals surface area contributed by atoms with E-state index in [9.17, 15) is 9.59 Å². The molecule has 0 radical (unpaired) electrons. The van der Waals surface area contributed by atoms with Crippen LogP contribution in [0.4, 0.5) is 0 Å². The van der Waals surface area contributed by atoms with Gasteiger partial charge in [0, 0.05) is 24.0 Å². The summed E-state index contributed by atoms with van der Waals surface area (Å²) in [4.78, 5) is 24.6. The standard InChI is InChI=1S/C17H18N2O2/c20-16(14-5-4-12-2-1-3-13(12)10-14)11-18-8-9-19(17(18)21)15-6-7-15/h4-5,8-10,15H,1-3,6-7,11H2. The highest BCUT2D eigenvalue weighted by atomic mass is 16.2. The highest BCUT2D eigenvalue weighted by Gasteiger charge is 2.26. The summed E-state index contributed by atoms with van der Waals surface area (Å²) < 4.78 is 3.27. The molecule has 0 atom stereocenters. The predicted octanol–water partition coefficient (Wildman–Crippen LogP) is 2.36. The van der Waals surface area contributed by atoms with Crippen LogP contribution in [0.25, 0.3) is 0 Å². The number of hydrogen-bond acceptors (Lipinski definition) is 2. The lowest BCUT2D eigenvalue weighted by atomic mass is 10.0. The van der Waals surface area contributed by atoms with Crippen molar-refractivity contribution in [2.45, 2.75) is 44.7 Å². The minimum atomic E-state index is -0.0630. The molecule has 0 N–H and O–H groups in total. The Bertz CT molecular complexity index is 765. The summed E-state index contributed by atoms with van der Waals surface area (Å²) in [6.07, 6.45) is 9.03. The van der Waals surface area contributed by atoms with Crippen molar-refractivity contribution in [3.63, 3.8) is 0 Å². The number of carbonyl (C=O) groups is 1. The molecule has 1 aromatic heterocycles. The lowest BCUT2D eigenvalue weighted by molar-refractivity contribution is 0.0970. The second-order valence-electron chi connectivity index (χ2n) is 6.11. The zero-order valence-corrected chi connectivity index (χ0v) is 11.9. The van der Waals surface area contributed by atoms with Crippen LogP contribution in [0.2, 0.25) is 0 Å². The number of rotatable bonds is 4. The molecule has 108 valence electrons. The fourth-order valence-electron chi connectivity index (χ4n) is 3.17. The summed E-state index contributed by atoms with van der Waals surface area (Å²) >= 11 is 0. The monoisotopic (exact) mass is 282 g/mol. The second kappa shape index (κ2) is 4.72. The fourth-order valence-corrected chi connectivity index (χ4v) is 3.17. The molecule has 1 fully saturated rings. The number of benzene rings is 1. The van der Waals surface area contributed by atoms with Gasteiger partial charge in [-0.1, -0.05) is 12.1 Å². The van der Waals surface area contributed by atoms with Gasteiger partial charge in [-0.25, -0.2) is 4.79 Å². The Morgan fingerprint density at radius 2 is 1.95 bits per heavy atom. The van der Waals surface area contributed by atoms with Gasteiger partial charge in [0.05, 0.1) is 6.54 Å². The van der Waals surface area contributed by atoms with Crippen molar-refractivity contribution in [2.24, 2.45) is 0 Å². The molecule has 1 aromatic carbocycles. The molecule has 2 aliphatic rings. The van der Waals surface area contributed by atoms with E-state index in [4.69, 9.17) is 0 Å². The van der Waals surface area contributed by atoms with Crippen LogP contribution in [-0.4, -0.2) is 14.9 Å². The Hall–Kier alpha value is -2.10. The van der Waals surface area contributed by atoms with Crippen LogP contribution in [0.5, 0.6) is 0 Å². The van der Waals surface area contributed by atoms with Crippen LogP contribution in [0, 0.1) is 0 Å². The number of nitrogens with zero attached hydrogens (tertiary/aromatic N) is 2. The molecule has 0 aliphatic heterocycles. The quantitative estimate of drug-likeness (QED) is 0.808. The molecule has 0 unspecified atom stereocenters. The van der Waals surface area contributed by atoms with Gasteiger partial charge in [-0.15, -0.1) is 0 Å². The zero-order valence-electron chi connectivity index (χ0n) is 11.9. The highest BCUT2D eigenvalue weighted by molar-refractivity contribution is 5.96. The summed E-state index contributed by atoms with van der Waals surface area (Å²) in [6, 6.07) is 6.32. The number of fused-ring (bicyclic) bond motifs is 1. The maximum Gasteiger partial charge on any atom is 0.328 e. The zero-order chi connectivity index (χ0) is 14.4. The van der Waals surface area contributed by atoms with Crippen LogP contribution >= 0.6 is 0 Å². The van der Waals surface area contributed by atoms with Crippen LogP contribution in [-0.2, 0) is 19.4 Å². The summed E-state index contributed by atoms with van der Waals surface area (Å²) in [5.74, 6) is 0.0142. The van der Waals surface area contributed by atoms with E-state index in [0.717, 1.165) is 31.2 Å². The van der Waals surface area contributed by atoms with E-state index in [1.54, 1.807) is 17.0 Å². The van der Waals surface area contributed by atoms with Gasteiger partial charge < -0.3 is 0 Å². The van der Waals surface area contributed by atoms with Crippen LogP contribution in [0.3, 0.4) is 0 Å². The maximum atomic E-state index is 12.4. The number of aromatic nitrogens is 2. The van der Waals surface area contributed by atoms with E-state index in [-0.39, 0.29) is 18.0 Å². The van der Waals surface area contributed by atoms with Crippen molar-refractivity contribution in [2.75, 3.05) is 0 Å². The van der Waals surface area contributed by atoms with Gasteiger partial charge in [-0.2, -0.15) is 0 Å². The number of imidazole rings is 1. The molecule has 4 rings (SSSR count). The summed E-state index contributed by atoms with van der Waals surface area (Å²) in [7, 11) is 0. The maximum absolute atomic E-state index is 12.4. The first-order chi connectivity index (χ1) is 10.2. The van der Waals surface area contributed by atoms with Gasteiger partial charge in [-0.3, -0.25) is 13.9 Å². The molecule has 0 spiro atoms. The van der Waals surface area contributed by atoms with E-state index in [1.165, 1.54) is 22.1 Å². The Morgan fingerprint density at radius 1 is 1.14 bits per heavy atom. The van der Waals surface area contributed by atoms with E-state index < -0.39 is 0 Å². The lowest BCUT2D eigenvalue weighted by Gasteiger charge is -2.05. The second-order valence-corrected chi connectivity index (χ2v) is 6.11. The Labute approximate surface area is 123 Å². The van der Waals surface area contributed by atoms with Crippen molar-refractivity contribution in [1.82, 2.24) is 9.13 Å². The number of aryl methyl sites for hydroxylation is 2. The lowest BCUT2D eigenvalue weighted by Crippen LogP contribution is -2.26. The van der Waals surface area contributed by atoms with Crippen molar-refractivity contribution < 1.29 is 4.79 Å². The largest absolute Gasteiger partial charge is 0.328 e. The van der Waals surface area contributed by atoms with Gasteiger partial charge >= 0.3 is 5.69 Å². The van der Waals surface area contributed by atoms with Crippen molar-refractivity contribution in [3.8, 4) is 0 Å². The number of hydrogen-bond donors (Lipinski definition) is 0. The summed E-state index contributed by atoms with van der Waals surface area (Å²) in [5.41, 5.74) is 3.32. The number of carbonyl (C=O) groups excluding carboxylic acids is 1. The molecule has 2 aliphatic carbocycles. The Balaban J connectivity index is 1.57. The molecule has 4 nitrogen and oxygen atoms in total. The average Bonchev–Trinajstić information content (AvgIpc) is 3.11. The fraction of sp³-hybridized carbons (Fsp3) is 0.412. The third-order valence-corrected chi connectivity index (χ3v) is 4.55. The highest BCUT2D eigenvalue weighted by Crippen LogP contribution is 2.33. The Kier molecular flexibility index (Phi) is 2.84. The van der Waals surface area contributed by atoms with Gasteiger partial charge in [0.2, 0.25) is 0 Å². The third-order valence-electron chi connectivity index (χ3n) is 4.55. The van der Waals surface area contributed by atoms with Gasteiger partial charge in [0.25, 0.3) is 0 Å². The molecule has 1 heterocycles. The van der Waals surface area contributed by atoms with E-state index in [2.05, 4.69) is 6.07 Å². The number of ketones is 1. The van der Waals surface area contributed by atoms with Crippen molar-refractivity contribution in [3.05, 3.63) is 57.8 Å². The van der Waals surface area contributed by atoms with Crippen molar-refractivity contribution in [1.29, 1.82) is 0 Å². The Morgan fingerprint density at radius 3 is 2.76 bits per heavy atom. The molecule has 2 aromatic rings. The minimum absolute atomic E-state index is 0.0142. The normalized spacial score (nSPS) is 17.0. The molecule has 1 saturated carbocycles. The van der Waals surface area contributed by atoms with Gasteiger partial charge in [0.15, 0.2) is 5.78 Å². The SMILES string of the molecule is O=C(Cn1ccn(C2CC2)c1=O)c1ccc2c(c1)CCC2. The molecule has 0 amide bonds. The third kappa shape index (κ3) is 2.24. The van der Waals surface area contributed by atoms with E-state index >= 15 is 0 Å². The first kappa shape index (κ1) is 12.6. The van der Waals surface area contributed by atoms with E-state index in [0.29, 0.717) is 6.04 Å². The van der Waals surface area contributed by atoms with Crippen molar-refractivity contribution >= 4 is 5.78 Å². The first-order valence-corrected chi connectivity index (χ1v) is 7.64. The molecule has 4 heteroatoms. The van der Waals surface area contributed by atoms with Gasteiger partial charge in [0.1, 0.15) is 0 Å². The van der Waals surface area contributed by atoms with Crippen LogP contribution < -0.4 is 5.69 Å². The average molecular weight is 282 g/mol. The topological polar surface area (TPSA) is 44.0 Å². The minimum Gasteiger partial charge on any atom is -0.296 e. The number of Topliss-reactive ketones (excluding diaryl/α,β-unsaturated/α-hetero) is 1. The summed E-state index contributed by atoms with van der Waals surface area (Å²) in [6.45, 7) is 0.136. The summed E-state index contributed by atoms with van der Waals surface area (Å²) in [5, 5.41) is 0. The molecule has 21 heavy (non-hydrogen) atoms. The molecular formula is C17H18N2O2. The predicted molar refractivity (Wildman–Crippen MR) is 79.8 cm³/mol. The smallest absolute Gasteiger partial charge is 0.296 e. The van der Waals surface area contributed by atoms with Crippen LogP contribution in [0.1, 0.15) is 46.8 Å². The van der Waals surface area contributed by atoms with E-state index in [1.807, 2.05) is 12.1 Å². The van der Waals surface area contributed by atoms with Gasteiger partial charge in [-0.05, 0) is 49.3 Å². The molecule has 0 saturated heterocycles.